The lowest BCUT2D eigenvalue weighted by Crippen LogP contribution is -2.45. The van der Waals surface area contributed by atoms with Gasteiger partial charge in [0.2, 0.25) is 0 Å². The van der Waals surface area contributed by atoms with Gasteiger partial charge in [-0.15, -0.1) is 11.3 Å². The van der Waals surface area contributed by atoms with Gasteiger partial charge in [-0.2, -0.15) is 0 Å². The SMILES string of the molecule is CC(C)CC(c1cc2nc(-c3cccc4[nH]ccc34)nc(N3CCOCC3)c2s1)N1CCNCC1. The van der Waals surface area contributed by atoms with Gasteiger partial charge in [-0.25, -0.2) is 9.97 Å². The summed E-state index contributed by atoms with van der Waals surface area (Å²) < 4.78 is 6.87. The number of hydrogen-bond acceptors (Lipinski definition) is 7. The van der Waals surface area contributed by atoms with Crippen LogP contribution in [0.15, 0.2) is 36.5 Å². The van der Waals surface area contributed by atoms with Crippen LogP contribution in [0, 0.1) is 5.92 Å². The summed E-state index contributed by atoms with van der Waals surface area (Å²) in [7, 11) is 0. The lowest BCUT2D eigenvalue weighted by molar-refractivity contribution is 0.122. The van der Waals surface area contributed by atoms with E-state index in [0.29, 0.717) is 12.0 Å². The number of hydrogen-bond donors (Lipinski definition) is 2. The first-order valence-corrected chi connectivity index (χ1v) is 13.6. The van der Waals surface area contributed by atoms with E-state index < -0.39 is 0 Å². The number of morpholine rings is 1. The second-order valence-corrected chi connectivity index (χ2v) is 11.1. The molecule has 2 N–H and O–H groups in total. The fraction of sp³-hybridized carbons (Fsp3) is 0.481. The van der Waals surface area contributed by atoms with E-state index in [9.17, 15) is 0 Å². The van der Waals surface area contributed by atoms with Crippen LogP contribution >= 0.6 is 11.3 Å². The number of benzene rings is 1. The summed E-state index contributed by atoms with van der Waals surface area (Å²) in [6.07, 6.45) is 3.14. The van der Waals surface area contributed by atoms with Crippen LogP contribution in [0.1, 0.15) is 31.2 Å². The molecule has 35 heavy (non-hydrogen) atoms. The molecule has 8 heteroatoms. The predicted octanol–water partition coefficient (Wildman–Crippen LogP) is 4.67. The molecule has 0 bridgehead atoms. The topological polar surface area (TPSA) is 69.3 Å². The van der Waals surface area contributed by atoms with Crippen LogP contribution in [0.4, 0.5) is 5.82 Å². The molecule has 6 rings (SSSR count). The van der Waals surface area contributed by atoms with Crippen LogP contribution in [0.25, 0.3) is 32.5 Å². The first-order chi connectivity index (χ1) is 17.2. The second kappa shape index (κ2) is 9.85. The molecular formula is C27H34N6OS. The molecule has 0 spiro atoms. The quantitative estimate of drug-likeness (QED) is 0.409. The number of thiophene rings is 1. The number of nitrogens with one attached hydrogen (secondary N) is 2. The molecule has 2 aliphatic heterocycles. The average molecular weight is 491 g/mol. The largest absolute Gasteiger partial charge is 0.378 e. The summed E-state index contributed by atoms with van der Waals surface area (Å²) in [5.41, 5.74) is 3.25. The summed E-state index contributed by atoms with van der Waals surface area (Å²) >= 11 is 1.89. The molecule has 1 unspecified atom stereocenters. The van der Waals surface area contributed by atoms with Crippen molar-refractivity contribution in [3.63, 3.8) is 0 Å². The van der Waals surface area contributed by atoms with Crippen LogP contribution in [-0.2, 0) is 4.74 Å². The Kier molecular flexibility index (Phi) is 6.45. The molecular weight excluding hydrogens is 456 g/mol. The maximum Gasteiger partial charge on any atom is 0.162 e. The zero-order valence-corrected chi connectivity index (χ0v) is 21.4. The van der Waals surface area contributed by atoms with Crippen molar-refractivity contribution < 1.29 is 4.74 Å². The molecule has 7 nitrogen and oxygen atoms in total. The average Bonchev–Trinajstić information content (AvgIpc) is 3.54. The molecule has 3 aromatic heterocycles. The van der Waals surface area contributed by atoms with Crippen molar-refractivity contribution in [3.05, 3.63) is 41.4 Å². The number of fused-ring (bicyclic) bond motifs is 2. The number of ether oxygens (including phenoxy) is 1. The minimum Gasteiger partial charge on any atom is -0.378 e. The third-order valence-electron chi connectivity index (χ3n) is 7.13. The molecule has 0 aliphatic carbocycles. The van der Waals surface area contributed by atoms with Crippen molar-refractivity contribution >= 4 is 38.3 Å². The Morgan fingerprint density at radius 2 is 1.89 bits per heavy atom. The Labute approximate surface area is 210 Å². The molecule has 1 atom stereocenters. The molecule has 1 aromatic carbocycles. The Balaban J connectivity index is 1.49. The van der Waals surface area contributed by atoms with Gasteiger partial charge in [0.25, 0.3) is 0 Å². The van der Waals surface area contributed by atoms with Gasteiger partial charge in [0.1, 0.15) is 0 Å². The van der Waals surface area contributed by atoms with E-state index in [0.717, 1.165) is 92.5 Å². The number of H-pyrrole nitrogens is 1. The van der Waals surface area contributed by atoms with Crippen LogP contribution in [-0.4, -0.2) is 72.3 Å². The maximum atomic E-state index is 5.66. The zero-order chi connectivity index (χ0) is 23.8. The highest BCUT2D eigenvalue weighted by molar-refractivity contribution is 7.19. The fourth-order valence-corrected chi connectivity index (χ4v) is 6.64. The summed E-state index contributed by atoms with van der Waals surface area (Å²) in [5.74, 6) is 2.49. The molecule has 0 amide bonds. The molecule has 0 radical (unpaired) electrons. The maximum absolute atomic E-state index is 5.66. The number of aromatic nitrogens is 3. The monoisotopic (exact) mass is 490 g/mol. The van der Waals surface area contributed by atoms with Crippen LogP contribution < -0.4 is 10.2 Å². The number of rotatable bonds is 6. The summed E-state index contributed by atoms with van der Waals surface area (Å²) in [4.78, 5) is 20.1. The van der Waals surface area contributed by atoms with Gasteiger partial charge in [0.05, 0.1) is 23.4 Å². The van der Waals surface area contributed by atoms with E-state index in [4.69, 9.17) is 14.7 Å². The normalized spacial score (nSPS) is 18.7. The number of nitrogens with zero attached hydrogens (tertiary/aromatic N) is 4. The van der Waals surface area contributed by atoms with Gasteiger partial charge in [-0.3, -0.25) is 4.90 Å². The van der Waals surface area contributed by atoms with E-state index in [1.165, 1.54) is 9.58 Å². The van der Waals surface area contributed by atoms with Gasteiger partial charge in [0.15, 0.2) is 11.6 Å². The lowest BCUT2D eigenvalue weighted by Gasteiger charge is -2.35. The highest BCUT2D eigenvalue weighted by Gasteiger charge is 2.27. The lowest BCUT2D eigenvalue weighted by atomic mass is 10.0. The fourth-order valence-electron chi connectivity index (χ4n) is 5.37. The van der Waals surface area contributed by atoms with Gasteiger partial charge in [-0.1, -0.05) is 26.0 Å². The van der Waals surface area contributed by atoms with Crippen LogP contribution in [0.5, 0.6) is 0 Å². The van der Waals surface area contributed by atoms with E-state index >= 15 is 0 Å². The first kappa shape index (κ1) is 22.9. The third-order valence-corrected chi connectivity index (χ3v) is 8.36. The van der Waals surface area contributed by atoms with Crippen molar-refractivity contribution in [2.75, 3.05) is 57.4 Å². The van der Waals surface area contributed by atoms with Crippen molar-refractivity contribution in [2.45, 2.75) is 26.3 Å². The molecule has 2 saturated heterocycles. The van der Waals surface area contributed by atoms with E-state index in [1.807, 2.05) is 17.5 Å². The van der Waals surface area contributed by atoms with E-state index in [1.54, 1.807) is 0 Å². The predicted molar refractivity (Wildman–Crippen MR) is 144 cm³/mol. The van der Waals surface area contributed by atoms with Crippen molar-refractivity contribution in [1.29, 1.82) is 0 Å². The molecule has 5 heterocycles. The van der Waals surface area contributed by atoms with Crippen molar-refractivity contribution in [3.8, 4) is 11.4 Å². The van der Waals surface area contributed by atoms with Gasteiger partial charge in [-0.05, 0) is 30.5 Å². The second-order valence-electron chi connectivity index (χ2n) is 10.0. The molecule has 4 aromatic rings. The van der Waals surface area contributed by atoms with Crippen molar-refractivity contribution in [2.24, 2.45) is 5.92 Å². The zero-order valence-electron chi connectivity index (χ0n) is 20.6. The molecule has 184 valence electrons. The first-order valence-electron chi connectivity index (χ1n) is 12.8. The summed E-state index contributed by atoms with van der Waals surface area (Å²) in [6.45, 7) is 12.2. The summed E-state index contributed by atoms with van der Waals surface area (Å²) in [5, 5.41) is 4.67. The highest BCUT2D eigenvalue weighted by Crippen LogP contribution is 2.40. The Bertz CT molecular complexity index is 1300. The van der Waals surface area contributed by atoms with E-state index in [2.05, 4.69) is 64.3 Å². The van der Waals surface area contributed by atoms with Crippen LogP contribution in [0.2, 0.25) is 0 Å². The van der Waals surface area contributed by atoms with Crippen molar-refractivity contribution in [1.82, 2.24) is 25.2 Å². The number of piperazine rings is 1. The standard InChI is InChI=1S/C27H34N6OS/c1-18(2)16-23(32-10-8-28-9-11-32)24-17-22-25(35-24)27(33-12-14-34-15-13-33)31-26(30-22)20-4-3-5-21-19(20)6-7-29-21/h3-7,17-18,23,28-29H,8-16H2,1-2H3. The number of aromatic amines is 1. The smallest absolute Gasteiger partial charge is 0.162 e. The Morgan fingerprint density at radius 1 is 1.06 bits per heavy atom. The Morgan fingerprint density at radius 3 is 2.69 bits per heavy atom. The minimum absolute atomic E-state index is 0.422. The van der Waals surface area contributed by atoms with Gasteiger partial charge >= 0.3 is 0 Å². The minimum atomic E-state index is 0.422. The Hall–Kier alpha value is -2.52. The third kappa shape index (κ3) is 4.56. The van der Waals surface area contributed by atoms with Gasteiger partial charge in [0, 0.05) is 72.9 Å². The molecule has 0 saturated carbocycles. The molecule has 2 fully saturated rings. The number of anilines is 1. The molecule has 2 aliphatic rings. The summed E-state index contributed by atoms with van der Waals surface area (Å²) in [6, 6.07) is 11.2. The highest BCUT2D eigenvalue weighted by atomic mass is 32.1. The van der Waals surface area contributed by atoms with Gasteiger partial charge < -0.3 is 19.9 Å². The van der Waals surface area contributed by atoms with Crippen LogP contribution in [0.3, 0.4) is 0 Å². The van der Waals surface area contributed by atoms with E-state index in [-0.39, 0.29) is 0 Å².